The Hall–Kier alpha value is -2.93. The van der Waals surface area contributed by atoms with Crippen LogP contribution in [0.1, 0.15) is 28.8 Å². The number of anilines is 1. The van der Waals surface area contributed by atoms with E-state index < -0.39 is 5.97 Å². The number of carbonyl (C=O) groups is 1. The van der Waals surface area contributed by atoms with E-state index in [4.69, 9.17) is 5.11 Å². The lowest BCUT2D eigenvalue weighted by Gasteiger charge is -2.26. The van der Waals surface area contributed by atoms with Crippen LogP contribution in [0, 0.1) is 17.8 Å². The molecule has 5 rings (SSSR count). The van der Waals surface area contributed by atoms with Crippen molar-refractivity contribution in [3.63, 3.8) is 0 Å². The molecular weight excluding hydrogens is 378 g/mol. The molecule has 1 aliphatic carbocycles. The molecule has 1 saturated heterocycles. The molecule has 0 bridgehead atoms. The van der Waals surface area contributed by atoms with E-state index in [1.165, 1.54) is 41.7 Å². The fourth-order valence-electron chi connectivity index (χ4n) is 5.14. The van der Waals surface area contributed by atoms with E-state index in [-0.39, 0.29) is 5.56 Å². The average molecular weight is 406 g/mol. The average Bonchev–Trinajstić information content (AvgIpc) is 3.37. The summed E-state index contributed by atoms with van der Waals surface area (Å²) in [5, 5.41) is 14.0. The number of benzene rings is 1. The lowest BCUT2D eigenvalue weighted by Crippen LogP contribution is -2.32. The second-order valence-electron chi connectivity index (χ2n) is 8.55. The fourth-order valence-corrected chi connectivity index (χ4v) is 5.14. The summed E-state index contributed by atoms with van der Waals surface area (Å²) >= 11 is 0. The van der Waals surface area contributed by atoms with Crippen LogP contribution in [0.15, 0.2) is 42.9 Å². The Bertz CT molecular complexity index is 1060. The highest BCUT2D eigenvalue weighted by atomic mass is 16.4. The summed E-state index contributed by atoms with van der Waals surface area (Å²) in [7, 11) is 2.10. The summed E-state index contributed by atoms with van der Waals surface area (Å²) in [6.07, 6.45) is 7.40. The topological polar surface area (TPSA) is 83.3 Å². The van der Waals surface area contributed by atoms with Gasteiger partial charge in [0.05, 0.1) is 5.56 Å². The van der Waals surface area contributed by atoms with Crippen LogP contribution in [-0.4, -0.2) is 45.2 Å². The molecule has 7 heteroatoms. The van der Waals surface area contributed by atoms with Crippen LogP contribution in [0.25, 0.3) is 10.9 Å². The molecule has 1 saturated carbocycles. The maximum absolute atomic E-state index is 11.0. The van der Waals surface area contributed by atoms with Crippen LogP contribution in [0.5, 0.6) is 0 Å². The number of carboxylic acids is 1. The Labute approximate surface area is 175 Å². The highest BCUT2D eigenvalue weighted by Crippen LogP contribution is 2.53. The Balaban J connectivity index is 1.11. The number of rotatable bonds is 7. The van der Waals surface area contributed by atoms with Gasteiger partial charge in [0.2, 0.25) is 5.95 Å². The SMILES string of the molecule is Cn1cc(CNCCC2C3CCN(c4ncc(C(=O)O)cn4)CC23)c2ccccc21. The summed E-state index contributed by atoms with van der Waals surface area (Å²) < 4.78 is 2.20. The molecular formula is C23H27N5O2. The maximum atomic E-state index is 11.0. The quantitative estimate of drug-likeness (QED) is 0.588. The van der Waals surface area contributed by atoms with E-state index in [1.54, 1.807) is 0 Å². The molecule has 3 unspecified atom stereocenters. The normalized spacial score (nSPS) is 22.8. The number of piperidine rings is 1. The van der Waals surface area contributed by atoms with Crippen molar-refractivity contribution in [3.8, 4) is 0 Å². The van der Waals surface area contributed by atoms with Gasteiger partial charge in [0.1, 0.15) is 0 Å². The van der Waals surface area contributed by atoms with Gasteiger partial charge in [-0.3, -0.25) is 0 Å². The summed E-state index contributed by atoms with van der Waals surface area (Å²) in [5.74, 6) is 1.96. The van der Waals surface area contributed by atoms with Gasteiger partial charge in [-0.2, -0.15) is 0 Å². The molecule has 0 spiro atoms. The Morgan fingerprint density at radius 2 is 2.03 bits per heavy atom. The number of aromatic carboxylic acids is 1. The van der Waals surface area contributed by atoms with Crippen molar-refractivity contribution in [1.82, 2.24) is 19.9 Å². The number of carboxylic acid groups (broad SMARTS) is 1. The number of fused-ring (bicyclic) bond motifs is 2. The molecule has 3 atom stereocenters. The first-order chi connectivity index (χ1) is 14.6. The first-order valence-electron chi connectivity index (χ1n) is 10.7. The monoisotopic (exact) mass is 405 g/mol. The van der Waals surface area contributed by atoms with Crippen molar-refractivity contribution >= 4 is 22.8 Å². The molecule has 2 aromatic heterocycles. The molecule has 0 radical (unpaired) electrons. The lowest BCUT2D eigenvalue weighted by atomic mass is 10.1. The second kappa shape index (κ2) is 7.72. The third-order valence-corrected chi connectivity index (χ3v) is 6.79. The maximum Gasteiger partial charge on any atom is 0.338 e. The van der Waals surface area contributed by atoms with Crippen LogP contribution < -0.4 is 10.2 Å². The molecule has 156 valence electrons. The predicted molar refractivity (Wildman–Crippen MR) is 116 cm³/mol. The van der Waals surface area contributed by atoms with E-state index in [1.807, 2.05) is 0 Å². The molecule has 1 aromatic carbocycles. The van der Waals surface area contributed by atoms with Gasteiger partial charge in [-0.1, -0.05) is 18.2 Å². The zero-order chi connectivity index (χ0) is 20.7. The number of aromatic nitrogens is 3. The van der Waals surface area contributed by atoms with Crippen LogP contribution in [0.2, 0.25) is 0 Å². The summed E-state index contributed by atoms with van der Waals surface area (Å²) in [6, 6.07) is 8.55. The largest absolute Gasteiger partial charge is 0.478 e. The third kappa shape index (κ3) is 3.54. The smallest absolute Gasteiger partial charge is 0.338 e. The van der Waals surface area contributed by atoms with Gasteiger partial charge in [-0.15, -0.1) is 0 Å². The molecule has 3 heterocycles. The van der Waals surface area contributed by atoms with Crippen molar-refractivity contribution < 1.29 is 9.90 Å². The van der Waals surface area contributed by atoms with Crippen LogP contribution in [0.3, 0.4) is 0 Å². The minimum absolute atomic E-state index is 0.134. The Kier molecular flexibility index (Phi) is 4.90. The highest BCUT2D eigenvalue weighted by Gasteiger charge is 2.52. The summed E-state index contributed by atoms with van der Waals surface area (Å²) in [4.78, 5) is 21.7. The minimum Gasteiger partial charge on any atom is -0.478 e. The van der Waals surface area contributed by atoms with Crippen LogP contribution in [0.4, 0.5) is 5.95 Å². The lowest BCUT2D eigenvalue weighted by molar-refractivity contribution is 0.0696. The van der Waals surface area contributed by atoms with Gasteiger partial charge in [-0.25, -0.2) is 14.8 Å². The molecule has 7 nitrogen and oxygen atoms in total. The van der Waals surface area contributed by atoms with E-state index in [2.05, 4.69) is 62.3 Å². The Morgan fingerprint density at radius 3 is 2.83 bits per heavy atom. The third-order valence-electron chi connectivity index (χ3n) is 6.79. The second-order valence-corrected chi connectivity index (χ2v) is 8.55. The first-order valence-corrected chi connectivity index (χ1v) is 10.7. The van der Waals surface area contributed by atoms with E-state index in [0.29, 0.717) is 11.9 Å². The predicted octanol–water partition coefficient (Wildman–Crippen LogP) is 2.92. The molecule has 3 aromatic rings. The number of nitrogens with zero attached hydrogens (tertiary/aromatic N) is 4. The number of nitrogens with one attached hydrogen (secondary N) is 1. The van der Waals surface area contributed by atoms with Crippen molar-refractivity contribution in [1.29, 1.82) is 0 Å². The molecule has 0 amide bonds. The Morgan fingerprint density at radius 1 is 1.23 bits per heavy atom. The van der Waals surface area contributed by atoms with Crippen molar-refractivity contribution in [2.75, 3.05) is 24.5 Å². The fraction of sp³-hybridized carbons (Fsp3) is 0.435. The van der Waals surface area contributed by atoms with Gasteiger partial charge in [0.15, 0.2) is 0 Å². The zero-order valence-corrected chi connectivity index (χ0v) is 17.2. The van der Waals surface area contributed by atoms with Crippen molar-refractivity contribution in [2.24, 2.45) is 24.8 Å². The van der Waals surface area contributed by atoms with Gasteiger partial charge in [-0.05, 0) is 48.8 Å². The number of hydrogen-bond donors (Lipinski definition) is 2. The van der Waals surface area contributed by atoms with Crippen LogP contribution >= 0.6 is 0 Å². The van der Waals surface area contributed by atoms with Gasteiger partial charge >= 0.3 is 5.97 Å². The molecule has 2 fully saturated rings. The molecule has 2 aliphatic rings. The summed E-state index contributed by atoms with van der Waals surface area (Å²) in [6.45, 7) is 3.86. The van der Waals surface area contributed by atoms with Crippen LogP contribution in [-0.2, 0) is 13.6 Å². The summed E-state index contributed by atoms with van der Waals surface area (Å²) in [5.41, 5.74) is 2.77. The standard InChI is InChI=1S/C23H27N5O2/c1-27-13-16(17-4-2-3-5-21(17)27)10-24-8-6-18-19-7-9-28(14-20(18)19)23-25-11-15(12-26-23)22(29)30/h2-5,11-13,18-20,24H,6-10,14H2,1H3,(H,29,30). The molecule has 30 heavy (non-hydrogen) atoms. The van der Waals surface area contributed by atoms with E-state index in [9.17, 15) is 4.79 Å². The highest BCUT2D eigenvalue weighted by molar-refractivity contribution is 5.86. The number of aryl methyl sites for hydroxylation is 1. The first kappa shape index (κ1) is 19.1. The minimum atomic E-state index is -0.987. The number of hydrogen-bond acceptors (Lipinski definition) is 5. The zero-order valence-electron chi connectivity index (χ0n) is 17.2. The van der Waals surface area contributed by atoms with Gasteiger partial charge in [0.25, 0.3) is 0 Å². The van der Waals surface area contributed by atoms with Gasteiger partial charge in [0, 0.05) is 56.2 Å². The van der Waals surface area contributed by atoms with Crippen molar-refractivity contribution in [2.45, 2.75) is 19.4 Å². The number of para-hydroxylation sites is 1. The molecule has 2 N–H and O–H groups in total. The van der Waals surface area contributed by atoms with Crippen molar-refractivity contribution in [3.05, 3.63) is 54.0 Å². The van der Waals surface area contributed by atoms with E-state index in [0.717, 1.165) is 38.0 Å². The molecule has 1 aliphatic heterocycles. The van der Waals surface area contributed by atoms with Gasteiger partial charge < -0.3 is 19.9 Å². The van der Waals surface area contributed by atoms with E-state index >= 15 is 0 Å².